The number of phenolic OH excluding ortho intramolecular Hbond substituents is 3. The van der Waals surface area contributed by atoms with Gasteiger partial charge in [0.2, 0.25) is 29.7 Å². The van der Waals surface area contributed by atoms with Crippen LogP contribution in [0.2, 0.25) is 0 Å². The van der Waals surface area contributed by atoms with Crippen molar-refractivity contribution in [1.82, 2.24) is 59.8 Å². The Morgan fingerprint density at radius 2 is 0.514 bits per heavy atom. The summed E-state index contributed by atoms with van der Waals surface area (Å²) in [5.74, 6) is 4.71. The van der Waals surface area contributed by atoms with Crippen molar-refractivity contribution in [3.8, 4) is 131 Å². The third kappa shape index (κ3) is 30.5. The highest BCUT2D eigenvalue weighted by atomic mass is 16.5. The Morgan fingerprint density at radius 3 is 0.858 bits per heavy atom. The summed E-state index contributed by atoms with van der Waals surface area (Å²) in [5.41, 5.74) is 13.0. The standard InChI is InChI=1S/C32H34N6O6.C27H19N3O.C26H24N4O4.C25H22N4O6.4CH4/c1-4-42-27(39)20-9-21-7-14-24(15-8-21)33-30-36-31(34-25-16-10-22(11-17-25)28(40)43-5-2)38-32(37-30)35-26-18-12-23(13-19-26)29(41)44-6-3;31-24-14-8-7-13-23(24)27-29-25(21-11-5-2-6-12-21)28-26(30-27)22-17-15-20(16-18-22)19-9-3-1-4-10-19;1-4-34-25(31)19-5-11-20(12-6-19)27-26-29-23(17-7-13-21(32-2)14-8-17)28-24(30-26)18-9-15-22(33-3)16-10-18;1-33-16-8-10-18(20(30)12-16)22-27-23(19-11-9-17(34-2)13-21(19)31)29-25(28-22)26-15-6-4-14(5-7-15)24(32)35-3;;;;/h7-8,10-19H,4-6,9,20H2,1-3H3,(H3,33,34,35,36,37,38);1-18,31H;5-16H,4H2,1-3H3,(H,27,28,29,30);4-13,30-31H,1-3H3,(H,26,27,28,29);4*1H4. The molecule has 0 spiro atoms. The molecule has 0 aliphatic heterocycles. The Balaban J connectivity index is 0.000000202. The van der Waals surface area contributed by atoms with Crippen LogP contribution in [0.4, 0.5) is 58.2 Å². The summed E-state index contributed by atoms with van der Waals surface area (Å²) in [7, 11) is 7.54. The number of para-hydroxylation sites is 1. The van der Waals surface area contributed by atoms with Gasteiger partial charge in [0.25, 0.3) is 0 Å². The minimum Gasteiger partial charge on any atom is -0.507 e. The molecule has 0 fully saturated rings. The molecule has 17 rings (SSSR count). The summed E-state index contributed by atoms with van der Waals surface area (Å²) in [6.07, 6.45) is 0.872. The fraction of sp³-hybridized carbons (Fsp3) is 0.167. The number of esters is 5. The van der Waals surface area contributed by atoms with E-state index in [1.54, 1.807) is 175 Å². The van der Waals surface area contributed by atoms with E-state index >= 15 is 0 Å². The minimum atomic E-state index is -0.453. The highest BCUT2D eigenvalue weighted by molar-refractivity contribution is 5.92. The normalized spacial score (nSPS) is 10.2. The molecule has 0 atom stereocenters. The Morgan fingerprint density at radius 1 is 0.250 bits per heavy atom. The molecule has 34 heteroatoms. The molecular formula is C114H115N17O17. The van der Waals surface area contributed by atoms with E-state index in [-0.39, 0.29) is 108 Å². The van der Waals surface area contributed by atoms with Gasteiger partial charge in [-0.2, -0.15) is 34.9 Å². The van der Waals surface area contributed by atoms with Gasteiger partial charge in [0, 0.05) is 69.2 Å². The number of aryl methyl sites for hydroxylation is 1. The fourth-order valence-electron chi connectivity index (χ4n) is 13.9. The van der Waals surface area contributed by atoms with Crippen LogP contribution in [0.25, 0.3) is 90.8 Å². The number of aromatic hydroxyl groups is 3. The maximum Gasteiger partial charge on any atom is 0.338 e. The maximum absolute atomic E-state index is 12.0. The summed E-state index contributed by atoms with van der Waals surface area (Å²) >= 11 is 0. The summed E-state index contributed by atoms with van der Waals surface area (Å²) < 4.78 is 45.7. The van der Waals surface area contributed by atoms with Gasteiger partial charge in [-0.3, -0.25) is 4.79 Å². The number of methoxy groups -OCH3 is 5. The molecule has 4 heterocycles. The molecule has 0 bridgehead atoms. The second-order valence-electron chi connectivity index (χ2n) is 30.9. The average molecular weight is 2000 g/mol. The predicted molar refractivity (Wildman–Crippen MR) is 574 cm³/mol. The van der Waals surface area contributed by atoms with Gasteiger partial charge < -0.3 is 84.5 Å². The topological polar surface area (TPSA) is 444 Å². The molecular weight excluding hydrogens is 1880 g/mol. The van der Waals surface area contributed by atoms with Crippen molar-refractivity contribution in [1.29, 1.82) is 0 Å². The monoisotopic (exact) mass is 1990 g/mol. The molecule has 17 aromatic rings. The Bertz CT molecular complexity index is 7020. The Labute approximate surface area is 858 Å². The molecule has 0 saturated carbocycles. The van der Waals surface area contributed by atoms with E-state index in [9.17, 15) is 39.3 Å². The number of nitrogens with one attached hydrogen (secondary N) is 5. The van der Waals surface area contributed by atoms with Gasteiger partial charge in [-0.25, -0.2) is 44.1 Å². The molecule has 0 aliphatic carbocycles. The van der Waals surface area contributed by atoms with E-state index in [1.807, 2.05) is 146 Å². The van der Waals surface area contributed by atoms with Crippen LogP contribution in [0.3, 0.4) is 0 Å². The smallest absolute Gasteiger partial charge is 0.338 e. The van der Waals surface area contributed by atoms with Gasteiger partial charge >= 0.3 is 29.8 Å². The Hall–Kier alpha value is -19.1. The summed E-state index contributed by atoms with van der Waals surface area (Å²) in [6, 6.07) is 94.2. The van der Waals surface area contributed by atoms with Crippen LogP contribution < -0.4 is 45.5 Å². The fourth-order valence-corrected chi connectivity index (χ4v) is 13.9. The lowest BCUT2D eigenvalue weighted by molar-refractivity contribution is -0.143. The zero-order valence-electron chi connectivity index (χ0n) is 79.7. The number of benzene rings is 13. The number of carbonyl (C=O) groups is 5. The first-order valence-electron chi connectivity index (χ1n) is 45.3. The lowest BCUT2D eigenvalue weighted by Crippen LogP contribution is -2.08. The van der Waals surface area contributed by atoms with E-state index in [0.717, 1.165) is 61.8 Å². The van der Waals surface area contributed by atoms with Crippen molar-refractivity contribution in [3.05, 3.63) is 343 Å². The summed E-state index contributed by atoms with van der Waals surface area (Å²) in [5, 5.41) is 47.2. The van der Waals surface area contributed by atoms with E-state index < -0.39 is 17.9 Å². The quantitative estimate of drug-likeness (QED) is 0.0140. The van der Waals surface area contributed by atoms with Gasteiger partial charge in [0.05, 0.1) is 101 Å². The second kappa shape index (κ2) is 54.7. The van der Waals surface area contributed by atoms with Crippen LogP contribution >= 0.6 is 0 Å². The van der Waals surface area contributed by atoms with Crippen LogP contribution in [0, 0.1) is 0 Å². The average Bonchev–Trinajstić information content (AvgIpc) is 0.796. The van der Waals surface area contributed by atoms with Gasteiger partial charge in [0.1, 0.15) is 40.2 Å². The SMILES string of the molecule is C.C.C.C.CCOC(=O)CCc1ccc(Nc2nc(Nc3ccc(C(=O)OCC)cc3)nc(Nc3ccc(C(=O)OCC)cc3)n2)cc1.CCOC(=O)c1ccc(Nc2nc(-c3ccc(OC)cc3)nc(-c3ccc(OC)cc3)n2)cc1.COC(=O)c1ccc(Nc2nc(-c3ccc(OC)cc3O)nc(-c3ccc(OC)cc3O)n2)cc1.Oc1ccccc1-c1nc(-c2ccccc2)nc(-c2ccc(-c3ccccc3)cc2)n1. The maximum atomic E-state index is 12.0. The molecule has 8 N–H and O–H groups in total. The molecule has 0 aliphatic rings. The third-order valence-electron chi connectivity index (χ3n) is 21.2. The van der Waals surface area contributed by atoms with Gasteiger partial charge in [0.15, 0.2) is 40.8 Å². The molecule has 0 radical (unpaired) electrons. The first-order chi connectivity index (χ1) is 70.1. The molecule has 13 aromatic carbocycles. The number of ether oxygens (including phenoxy) is 9. The number of carbonyl (C=O) groups excluding carboxylic acids is 5. The van der Waals surface area contributed by atoms with E-state index in [2.05, 4.69) is 106 Å². The third-order valence-corrected chi connectivity index (χ3v) is 21.2. The number of nitrogens with zero attached hydrogens (tertiary/aromatic N) is 12. The van der Waals surface area contributed by atoms with Crippen LogP contribution in [0.15, 0.2) is 315 Å². The number of phenols is 3. The van der Waals surface area contributed by atoms with E-state index in [1.165, 1.54) is 33.5 Å². The zero-order valence-corrected chi connectivity index (χ0v) is 79.7. The van der Waals surface area contributed by atoms with E-state index in [4.69, 9.17) is 47.6 Å². The van der Waals surface area contributed by atoms with Crippen molar-refractivity contribution in [2.24, 2.45) is 0 Å². The predicted octanol–water partition coefficient (Wildman–Crippen LogP) is 24.0. The highest BCUT2D eigenvalue weighted by Crippen LogP contribution is 2.38. The van der Waals surface area contributed by atoms with Gasteiger partial charge in [-0.05, 0) is 245 Å². The zero-order chi connectivity index (χ0) is 101. The molecule has 758 valence electrons. The lowest BCUT2D eigenvalue weighted by atomic mass is 10.0. The highest BCUT2D eigenvalue weighted by Gasteiger charge is 2.22. The minimum absolute atomic E-state index is 0. The second-order valence-corrected chi connectivity index (χ2v) is 30.9. The lowest BCUT2D eigenvalue weighted by Gasteiger charge is -2.12. The summed E-state index contributed by atoms with van der Waals surface area (Å²) in [6.45, 7) is 8.32. The number of hydrogen-bond acceptors (Lipinski definition) is 34. The van der Waals surface area contributed by atoms with Crippen LogP contribution in [0.1, 0.15) is 111 Å². The van der Waals surface area contributed by atoms with Gasteiger partial charge in [-0.1, -0.05) is 139 Å². The number of hydrogen-bond donors (Lipinski definition) is 8. The van der Waals surface area contributed by atoms with Crippen LogP contribution in [-0.2, 0) is 34.9 Å². The van der Waals surface area contributed by atoms with Crippen LogP contribution in [-0.4, -0.2) is 167 Å². The van der Waals surface area contributed by atoms with Crippen molar-refractivity contribution >= 4 is 88.0 Å². The van der Waals surface area contributed by atoms with Crippen molar-refractivity contribution in [2.75, 3.05) is 88.6 Å². The molecule has 0 amide bonds. The molecule has 0 saturated heterocycles. The largest absolute Gasteiger partial charge is 0.507 e. The number of anilines is 10. The molecule has 4 aromatic heterocycles. The molecule has 0 unspecified atom stereocenters. The Kier molecular flexibility index (Phi) is 41.0. The summed E-state index contributed by atoms with van der Waals surface area (Å²) in [4.78, 5) is 114. The van der Waals surface area contributed by atoms with Crippen molar-refractivity contribution in [2.45, 2.75) is 70.2 Å². The number of rotatable bonds is 33. The van der Waals surface area contributed by atoms with Gasteiger partial charge in [-0.15, -0.1) is 0 Å². The molecule has 34 nitrogen and oxygen atoms in total. The number of aromatic nitrogens is 12. The van der Waals surface area contributed by atoms with Crippen LogP contribution in [0.5, 0.6) is 40.2 Å². The van der Waals surface area contributed by atoms with Crippen molar-refractivity contribution < 1.29 is 81.9 Å². The molecule has 148 heavy (non-hydrogen) atoms. The first kappa shape index (κ1) is 111. The van der Waals surface area contributed by atoms with Crippen molar-refractivity contribution in [3.63, 3.8) is 0 Å². The first-order valence-corrected chi connectivity index (χ1v) is 45.3. The van der Waals surface area contributed by atoms with E-state index in [0.29, 0.717) is 129 Å².